The number of carbonyl (C=O) groups excluding carboxylic acids is 1. The van der Waals surface area contributed by atoms with Gasteiger partial charge in [-0.15, -0.1) is 11.3 Å². The summed E-state index contributed by atoms with van der Waals surface area (Å²) < 4.78 is 0. The van der Waals surface area contributed by atoms with Gasteiger partial charge in [0.05, 0.1) is 12.2 Å². The van der Waals surface area contributed by atoms with Gasteiger partial charge in [0.2, 0.25) is 0 Å². The number of amides is 1. The number of aryl methyl sites for hydroxylation is 1. The van der Waals surface area contributed by atoms with Gasteiger partial charge < -0.3 is 10.6 Å². The van der Waals surface area contributed by atoms with Crippen LogP contribution in [0.2, 0.25) is 0 Å². The number of hydrogen-bond donors (Lipinski definition) is 1. The summed E-state index contributed by atoms with van der Waals surface area (Å²) in [6.45, 7) is 3.33. The molecule has 3 rings (SSSR count). The third kappa shape index (κ3) is 2.33. The Balaban J connectivity index is 1.83. The highest BCUT2D eigenvalue weighted by molar-refractivity contribution is 7.15. The molecule has 0 saturated carbocycles. The van der Waals surface area contributed by atoms with Crippen LogP contribution in [0, 0.1) is 6.92 Å². The lowest BCUT2D eigenvalue weighted by atomic mass is 10.1. The molecule has 1 amide bonds. The van der Waals surface area contributed by atoms with E-state index in [2.05, 4.69) is 4.98 Å². The van der Waals surface area contributed by atoms with Crippen molar-refractivity contribution < 1.29 is 4.79 Å². The lowest BCUT2D eigenvalue weighted by molar-refractivity contribution is 0.0736. The van der Waals surface area contributed by atoms with Crippen molar-refractivity contribution in [2.45, 2.75) is 19.9 Å². The molecule has 0 saturated heterocycles. The van der Waals surface area contributed by atoms with Gasteiger partial charge in [0, 0.05) is 23.4 Å². The molecule has 1 aliphatic heterocycles. The molecular weight excluding hydrogens is 258 g/mol. The summed E-state index contributed by atoms with van der Waals surface area (Å²) in [5.41, 5.74) is 8.62. The number of thiazole rings is 1. The largest absolute Gasteiger partial charge is 0.375 e. The Labute approximate surface area is 115 Å². The first kappa shape index (κ1) is 12.2. The molecule has 0 fully saturated rings. The van der Waals surface area contributed by atoms with Crippen molar-refractivity contribution in [1.29, 1.82) is 0 Å². The van der Waals surface area contributed by atoms with Gasteiger partial charge in [0.25, 0.3) is 5.91 Å². The number of benzene rings is 1. The molecule has 0 aliphatic carbocycles. The summed E-state index contributed by atoms with van der Waals surface area (Å²) >= 11 is 1.48. The minimum atomic E-state index is 0.0846. The summed E-state index contributed by atoms with van der Waals surface area (Å²) in [5, 5.41) is 0.592. The van der Waals surface area contributed by atoms with E-state index in [0.717, 1.165) is 28.1 Å². The number of hydrogen-bond acceptors (Lipinski definition) is 4. The Morgan fingerprint density at radius 2 is 2.32 bits per heavy atom. The molecule has 19 heavy (non-hydrogen) atoms. The van der Waals surface area contributed by atoms with Crippen LogP contribution in [0.4, 0.5) is 5.13 Å². The Bertz CT molecular complexity index is 635. The first-order valence-electron chi connectivity index (χ1n) is 6.23. The Kier molecular flexibility index (Phi) is 2.98. The average Bonchev–Trinajstić information content (AvgIpc) is 2.76. The van der Waals surface area contributed by atoms with Crippen molar-refractivity contribution in [2.75, 3.05) is 12.3 Å². The van der Waals surface area contributed by atoms with Crippen LogP contribution in [-0.2, 0) is 13.0 Å². The maximum absolute atomic E-state index is 12.4. The minimum Gasteiger partial charge on any atom is -0.375 e. The van der Waals surface area contributed by atoms with Crippen LogP contribution in [-0.4, -0.2) is 22.3 Å². The smallest absolute Gasteiger partial charge is 0.254 e. The molecule has 4 nitrogen and oxygen atoms in total. The summed E-state index contributed by atoms with van der Waals surface area (Å²) in [6.07, 6.45) is 0.792. The molecule has 98 valence electrons. The SMILES string of the molecule is Cc1cccc(C(=O)N2CCc3nc(N)sc3C2)c1. The second-order valence-electron chi connectivity index (χ2n) is 4.77. The molecule has 2 heterocycles. The second-order valence-corrected chi connectivity index (χ2v) is 5.88. The number of nitrogens with zero attached hydrogens (tertiary/aromatic N) is 2. The van der Waals surface area contributed by atoms with Crippen LogP contribution in [0.1, 0.15) is 26.5 Å². The zero-order valence-corrected chi connectivity index (χ0v) is 11.5. The van der Waals surface area contributed by atoms with Crippen molar-refractivity contribution in [3.8, 4) is 0 Å². The van der Waals surface area contributed by atoms with Gasteiger partial charge >= 0.3 is 0 Å². The average molecular weight is 273 g/mol. The highest BCUT2D eigenvalue weighted by atomic mass is 32.1. The van der Waals surface area contributed by atoms with Crippen molar-refractivity contribution in [1.82, 2.24) is 9.88 Å². The maximum Gasteiger partial charge on any atom is 0.254 e. The normalized spacial score (nSPS) is 14.3. The number of fused-ring (bicyclic) bond motifs is 1. The standard InChI is InChI=1S/C14H15N3OS/c1-9-3-2-4-10(7-9)13(18)17-6-5-11-12(8-17)19-14(15)16-11/h2-4,7H,5-6,8H2,1H3,(H2,15,16). The third-order valence-corrected chi connectivity index (χ3v) is 4.21. The van der Waals surface area contributed by atoms with Crippen LogP contribution < -0.4 is 5.73 Å². The van der Waals surface area contributed by atoms with Crippen molar-refractivity contribution in [3.63, 3.8) is 0 Å². The van der Waals surface area contributed by atoms with Gasteiger partial charge in [-0.3, -0.25) is 4.79 Å². The molecule has 0 bridgehead atoms. The van der Waals surface area contributed by atoms with Gasteiger partial charge in [0.1, 0.15) is 0 Å². The lowest BCUT2D eigenvalue weighted by Crippen LogP contribution is -2.35. The third-order valence-electron chi connectivity index (χ3n) is 3.30. The van der Waals surface area contributed by atoms with Crippen LogP contribution in [0.15, 0.2) is 24.3 Å². The van der Waals surface area contributed by atoms with Gasteiger partial charge in [-0.2, -0.15) is 0 Å². The van der Waals surface area contributed by atoms with E-state index < -0.39 is 0 Å². The topological polar surface area (TPSA) is 59.2 Å². The predicted octanol–water partition coefficient (Wildman–Crippen LogP) is 2.23. The Morgan fingerprint density at radius 3 is 3.11 bits per heavy atom. The maximum atomic E-state index is 12.4. The molecule has 2 N–H and O–H groups in total. The zero-order valence-electron chi connectivity index (χ0n) is 10.7. The van der Waals surface area contributed by atoms with Crippen LogP contribution in [0.5, 0.6) is 0 Å². The fourth-order valence-corrected chi connectivity index (χ4v) is 3.24. The monoisotopic (exact) mass is 273 g/mol. The molecule has 1 aromatic heterocycles. The quantitative estimate of drug-likeness (QED) is 0.866. The fraction of sp³-hybridized carbons (Fsp3) is 0.286. The Hall–Kier alpha value is -1.88. The van der Waals surface area contributed by atoms with Gasteiger partial charge in [0.15, 0.2) is 5.13 Å². The second kappa shape index (κ2) is 4.66. The van der Waals surface area contributed by atoms with Crippen LogP contribution in [0.25, 0.3) is 0 Å². The summed E-state index contributed by atoms with van der Waals surface area (Å²) in [7, 11) is 0. The van der Waals surface area contributed by atoms with E-state index in [0.29, 0.717) is 18.2 Å². The van der Waals surface area contributed by atoms with Gasteiger partial charge in [-0.05, 0) is 19.1 Å². The number of aromatic nitrogens is 1. The highest BCUT2D eigenvalue weighted by Crippen LogP contribution is 2.27. The zero-order chi connectivity index (χ0) is 13.4. The Morgan fingerprint density at radius 1 is 1.47 bits per heavy atom. The first-order valence-corrected chi connectivity index (χ1v) is 7.05. The fourth-order valence-electron chi connectivity index (χ4n) is 2.35. The molecule has 1 aliphatic rings. The van der Waals surface area contributed by atoms with E-state index in [4.69, 9.17) is 5.73 Å². The number of rotatable bonds is 1. The predicted molar refractivity (Wildman–Crippen MR) is 76.1 cm³/mol. The van der Waals surface area contributed by atoms with E-state index >= 15 is 0 Å². The van der Waals surface area contributed by atoms with E-state index in [1.54, 1.807) is 0 Å². The summed E-state index contributed by atoms with van der Waals surface area (Å²) in [6, 6.07) is 7.71. The number of carbonyl (C=O) groups is 1. The molecule has 0 spiro atoms. The van der Waals surface area contributed by atoms with Crippen LogP contribution >= 0.6 is 11.3 Å². The first-order chi connectivity index (χ1) is 9.13. The van der Waals surface area contributed by atoms with Crippen molar-refractivity contribution in [3.05, 3.63) is 46.0 Å². The van der Waals surface area contributed by atoms with E-state index in [1.165, 1.54) is 11.3 Å². The molecule has 5 heteroatoms. The number of anilines is 1. The van der Waals surface area contributed by atoms with Gasteiger partial charge in [-0.1, -0.05) is 17.7 Å². The van der Waals surface area contributed by atoms with E-state index in [-0.39, 0.29) is 5.91 Å². The number of nitrogens with two attached hydrogens (primary N) is 1. The lowest BCUT2D eigenvalue weighted by Gasteiger charge is -2.26. The molecular formula is C14H15N3OS. The minimum absolute atomic E-state index is 0.0846. The molecule has 0 atom stereocenters. The van der Waals surface area contributed by atoms with E-state index in [9.17, 15) is 4.79 Å². The highest BCUT2D eigenvalue weighted by Gasteiger charge is 2.24. The van der Waals surface area contributed by atoms with Crippen molar-refractivity contribution >= 4 is 22.4 Å². The van der Waals surface area contributed by atoms with Crippen molar-refractivity contribution in [2.24, 2.45) is 0 Å². The number of nitrogen functional groups attached to an aromatic ring is 1. The molecule has 0 radical (unpaired) electrons. The summed E-state index contributed by atoms with van der Waals surface area (Å²) in [5.74, 6) is 0.0846. The molecule has 0 unspecified atom stereocenters. The molecule has 2 aromatic rings. The van der Waals surface area contributed by atoms with Gasteiger partial charge in [-0.25, -0.2) is 4.98 Å². The van der Waals surface area contributed by atoms with Crippen LogP contribution in [0.3, 0.4) is 0 Å². The van der Waals surface area contributed by atoms with E-state index in [1.807, 2.05) is 36.1 Å². The molecule has 1 aromatic carbocycles. The summed E-state index contributed by atoms with van der Waals surface area (Å²) in [4.78, 5) is 19.7.